The number of piperazine rings is 1. The molecule has 96 heavy (non-hydrogen) atoms. The lowest BCUT2D eigenvalue weighted by Crippen LogP contribution is -2.52. The van der Waals surface area contributed by atoms with Crippen molar-refractivity contribution >= 4 is 71.2 Å². The lowest BCUT2D eigenvalue weighted by atomic mass is 10.1. The fourth-order valence-corrected chi connectivity index (χ4v) is 12.3. The fourth-order valence-electron chi connectivity index (χ4n) is 12.3. The number of fused-ring (bicyclic) bond motifs is 1. The molecule has 1 aromatic heterocycles. The number of alkyl halides is 1. The van der Waals surface area contributed by atoms with E-state index in [1.807, 2.05) is 27.7 Å². The maximum absolute atomic E-state index is 14.6. The molecule has 4 aliphatic rings. The Hall–Kier alpha value is -8.27. The van der Waals surface area contributed by atoms with Crippen LogP contribution in [0.3, 0.4) is 0 Å². The number of hydrogen-bond acceptors (Lipinski definition) is 21. The summed E-state index contributed by atoms with van der Waals surface area (Å²) in [5, 5.41) is 31.7. The smallest absolute Gasteiger partial charge is 0.317 e. The Labute approximate surface area is 560 Å². The topological polar surface area (TPSA) is 329 Å². The second-order valence-corrected chi connectivity index (χ2v) is 25.6. The molecule has 0 aliphatic carbocycles. The van der Waals surface area contributed by atoms with Crippen molar-refractivity contribution in [1.29, 1.82) is 5.26 Å². The second kappa shape index (κ2) is 38.5. The van der Waals surface area contributed by atoms with Gasteiger partial charge in [0.15, 0.2) is 0 Å². The number of carboxylic acids is 1. The highest BCUT2D eigenvalue weighted by Gasteiger charge is 2.44. The standard InChI is InChI=1S/C67H95FN14O14/c1-49-12-14-51(15-13-49)9-8-11-59(85)71-19-5-4-10-52(74-60(86)42-76-22-23-77(43-63(89)90)25-27-79(46-95-48-84)29-28-78(26-24-76)45-94-47-83)39-72-58-36-61(87)81(66(58)93)41-50(2)65(92)80-32-30-75(31-33-80)21-6-7-34-96-54-16-17-57-56(35-54)55(18-20-70-57)64(91)73-40-62(88)82-44-67(3,68)37-53(82)38-69/h12-18,20,35,47-48,50,52-53,58,72H,4-11,19,21-34,36-37,39-46H2,1-3H3,(H,71,85)(H,73,91)(H,74,86)(H,89,90)/t50?,52?,53-,58?,67?/m1/s1. The maximum atomic E-state index is 14.6. The number of aliphatic carboxylic acids is 1. The highest BCUT2D eigenvalue weighted by Crippen LogP contribution is 2.30. The van der Waals surface area contributed by atoms with Crippen molar-refractivity contribution in [3.05, 3.63) is 71.4 Å². The quantitative estimate of drug-likeness (QED) is 0.0313. The minimum Gasteiger partial charge on any atom is -0.494 e. The summed E-state index contributed by atoms with van der Waals surface area (Å²) in [5.74, 6) is -3.66. The Morgan fingerprint density at radius 2 is 1.46 bits per heavy atom. The Bertz CT molecular complexity index is 3150. The number of aryl methyl sites for hydroxylation is 2. The van der Waals surface area contributed by atoms with E-state index in [9.17, 15) is 62.7 Å². The number of nitrogens with one attached hydrogen (secondary N) is 4. The Morgan fingerprint density at radius 3 is 2.11 bits per heavy atom. The molecule has 2 aromatic carbocycles. The van der Waals surface area contributed by atoms with Gasteiger partial charge in [-0.15, -0.1) is 0 Å². The summed E-state index contributed by atoms with van der Waals surface area (Å²) in [5.41, 5.74) is 1.48. The highest BCUT2D eigenvalue weighted by molar-refractivity contribution is 6.07. The lowest BCUT2D eigenvalue weighted by Gasteiger charge is -2.36. The van der Waals surface area contributed by atoms with E-state index in [-0.39, 0.29) is 82.3 Å². The van der Waals surface area contributed by atoms with Gasteiger partial charge in [-0.25, -0.2) is 4.39 Å². The van der Waals surface area contributed by atoms with E-state index >= 15 is 0 Å². The van der Waals surface area contributed by atoms with Crippen molar-refractivity contribution in [3.63, 3.8) is 0 Å². The molecule has 4 fully saturated rings. The summed E-state index contributed by atoms with van der Waals surface area (Å²) in [4.78, 5) is 147. The number of carbonyl (C=O) groups is 10. The van der Waals surface area contributed by atoms with Crippen molar-refractivity contribution in [2.75, 3.05) is 151 Å². The third-order valence-electron chi connectivity index (χ3n) is 17.8. The van der Waals surface area contributed by atoms with E-state index in [0.717, 1.165) is 35.6 Å². The number of rotatable bonds is 35. The van der Waals surface area contributed by atoms with Gasteiger partial charge in [0.05, 0.1) is 68.3 Å². The van der Waals surface area contributed by atoms with Crippen LogP contribution in [0.4, 0.5) is 4.39 Å². The van der Waals surface area contributed by atoms with Crippen LogP contribution in [0.1, 0.15) is 93.1 Å². The van der Waals surface area contributed by atoms with Crippen molar-refractivity contribution in [3.8, 4) is 11.8 Å². The number of nitrogens with zero attached hydrogens (tertiary/aromatic N) is 10. The van der Waals surface area contributed by atoms with Crippen molar-refractivity contribution < 1.29 is 71.7 Å². The van der Waals surface area contributed by atoms with Crippen LogP contribution in [0.5, 0.6) is 5.75 Å². The predicted octanol–water partition coefficient (Wildman–Crippen LogP) is 1.14. The average Bonchev–Trinajstić information content (AvgIpc) is 1.02. The highest BCUT2D eigenvalue weighted by atomic mass is 19.1. The normalized spacial score (nSPS) is 20.3. The van der Waals surface area contributed by atoms with E-state index in [1.54, 1.807) is 34.9 Å². The number of halogens is 1. The summed E-state index contributed by atoms with van der Waals surface area (Å²) < 4.78 is 30.8. The number of nitriles is 1. The van der Waals surface area contributed by atoms with Crippen LogP contribution in [-0.2, 0) is 59.0 Å². The molecule has 3 aromatic rings. The van der Waals surface area contributed by atoms with E-state index in [0.29, 0.717) is 153 Å². The first-order chi connectivity index (χ1) is 46.2. The van der Waals surface area contributed by atoms with E-state index in [1.165, 1.54) is 30.3 Å². The van der Waals surface area contributed by atoms with Crippen LogP contribution in [0.25, 0.3) is 10.9 Å². The van der Waals surface area contributed by atoms with Gasteiger partial charge in [0, 0.05) is 129 Å². The van der Waals surface area contributed by atoms with E-state index < -0.39 is 65.9 Å². The Balaban J connectivity index is 0.863. The fraction of sp³-hybridized carbons (Fsp3) is 0.612. The Kier molecular flexibility index (Phi) is 30.1. The SMILES string of the molecule is Cc1ccc(CCCC(=O)NCCCCC(CNC2CC(=O)N(CC(C)C(=O)N3CCN(CCCCOc4ccc5nccc(C(=O)NCC(=O)N6CC(C)(F)C[C@@H]6C#N)c5c4)CC3)C2=O)NC(=O)CN2CCN(COC=O)CCN(COC=O)CCN(CC(=O)O)CC2)cc1. The number of ether oxygens (including phenoxy) is 3. The van der Waals surface area contributed by atoms with Crippen molar-refractivity contribution in [2.45, 2.75) is 109 Å². The molecule has 4 unspecified atom stereocenters. The molecule has 0 spiro atoms. The van der Waals surface area contributed by atoms with Gasteiger partial charge in [-0.3, -0.25) is 82.3 Å². The molecule has 5 N–H and O–H groups in total. The van der Waals surface area contributed by atoms with Crippen LogP contribution in [0.2, 0.25) is 0 Å². The van der Waals surface area contributed by atoms with Gasteiger partial charge in [0.1, 0.15) is 30.9 Å². The number of carbonyl (C=O) groups excluding carboxylic acids is 9. The van der Waals surface area contributed by atoms with E-state index in [4.69, 9.17) is 14.2 Å². The molecule has 7 amide bonds. The number of unbranched alkanes of at least 4 members (excludes halogenated alkanes) is 2. The van der Waals surface area contributed by atoms with Crippen LogP contribution in [-0.4, -0.2) is 284 Å². The molecule has 5 heterocycles. The number of benzene rings is 2. The minimum atomic E-state index is -1.68. The molecule has 7 rings (SSSR count). The molecule has 4 aliphatic heterocycles. The molecule has 0 saturated carbocycles. The lowest BCUT2D eigenvalue weighted by molar-refractivity contribution is -0.143. The zero-order chi connectivity index (χ0) is 69.0. The minimum absolute atomic E-state index is 0.00935. The predicted molar refractivity (Wildman–Crippen MR) is 350 cm³/mol. The number of imide groups is 1. The van der Waals surface area contributed by atoms with Gasteiger partial charge in [-0.1, -0.05) is 36.8 Å². The van der Waals surface area contributed by atoms with Gasteiger partial charge in [-0.2, -0.15) is 5.26 Å². The van der Waals surface area contributed by atoms with Gasteiger partial charge < -0.3 is 50.4 Å². The van der Waals surface area contributed by atoms with Crippen molar-refractivity contribution in [1.82, 2.24) is 65.5 Å². The molecular formula is C67H95FN14O14. The summed E-state index contributed by atoms with van der Waals surface area (Å²) in [6, 6.07) is 14.6. The van der Waals surface area contributed by atoms with Crippen LogP contribution in [0, 0.1) is 24.2 Å². The molecule has 29 heteroatoms. The second-order valence-electron chi connectivity index (χ2n) is 25.6. The first-order valence-corrected chi connectivity index (χ1v) is 33.3. The van der Waals surface area contributed by atoms with Crippen LogP contribution in [0.15, 0.2) is 54.7 Å². The third-order valence-corrected chi connectivity index (χ3v) is 17.8. The first kappa shape index (κ1) is 75.1. The summed E-state index contributed by atoms with van der Waals surface area (Å²) in [7, 11) is 0. The first-order valence-electron chi connectivity index (χ1n) is 33.3. The van der Waals surface area contributed by atoms with Crippen molar-refractivity contribution in [2.24, 2.45) is 5.92 Å². The van der Waals surface area contributed by atoms with Gasteiger partial charge >= 0.3 is 5.97 Å². The summed E-state index contributed by atoms with van der Waals surface area (Å²) in [6.07, 6.45) is 6.33. The maximum Gasteiger partial charge on any atom is 0.317 e. The van der Waals surface area contributed by atoms with Gasteiger partial charge in [0.25, 0.3) is 18.9 Å². The molecular weight excluding hydrogens is 1240 g/mol. The monoisotopic (exact) mass is 1340 g/mol. The molecule has 4 saturated heterocycles. The number of amides is 7. The largest absolute Gasteiger partial charge is 0.494 e. The number of pyridine rings is 1. The van der Waals surface area contributed by atoms with Crippen LogP contribution >= 0.6 is 0 Å². The zero-order valence-corrected chi connectivity index (χ0v) is 55.6. The summed E-state index contributed by atoms with van der Waals surface area (Å²) >= 11 is 0. The Morgan fingerprint density at radius 1 is 0.802 bits per heavy atom. The van der Waals surface area contributed by atoms with E-state index in [2.05, 4.69) is 55.4 Å². The molecule has 0 radical (unpaired) electrons. The molecule has 5 atom stereocenters. The molecule has 0 bridgehead atoms. The number of hydrogen-bond donors (Lipinski definition) is 5. The molecule has 28 nitrogen and oxygen atoms in total. The van der Waals surface area contributed by atoms with Gasteiger partial charge in [-0.05, 0) is 95.2 Å². The number of carboxylic acid groups (broad SMARTS) is 1. The number of likely N-dealkylation sites (tertiary alicyclic amines) is 2. The van der Waals surface area contributed by atoms with Gasteiger partial charge in [0.2, 0.25) is 35.4 Å². The summed E-state index contributed by atoms with van der Waals surface area (Å²) in [6.45, 7) is 11.4. The van der Waals surface area contributed by atoms with Crippen LogP contribution < -0.4 is 26.0 Å². The third kappa shape index (κ3) is 24.4. The molecule has 524 valence electrons. The zero-order valence-electron chi connectivity index (χ0n) is 55.6. The number of aromatic nitrogens is 1. The average molecular weight is 1340 g/mol.